The number of carbonyl (C=O) groups is 3. The van der Waals surface area contributed by atoms with Crippen LogP contribution in [0.3, 0.4) is 0 Å². The summed E-state index contributed by atoms with van der Waals surface area (Å²) < 4.78 is 6.83. The van der Waals surface area contributed by atoms with Crippen LogP contribution in [0.2, 0.25) is 5.02 Å². The predicted octanol–water partition coefficient (Wildman–Crippen LogP) is 3.19. The van der Waals surface area contributed by atoms with Gasteiger partial charge >= 0.3 is 0 Å². The van der Waals surface area contributed by atoms with Crippen molar-refractivity contribution >= 4 is 35.0 Å². The second-order valence-electron chi connectivity index (χ2n) is 11.2. The second-order valence-corrected chi connectivity index (χ2v) is 11.6. The number of hydrogen-bond donors (Lipinski definition) is 1. The fraction of sp³-hybridized carbons (Fsp3) is 0.387. The molecule has 9 heteroatoms. The lowest BCUT2D eigenvalue weighted by atomic mass is 9.74. The van der Waals surface area contributed by atoms with Gasteiger partial charge in [-0.1, -0.05) is 78.4 Å². The zero-order valence-electron chi connectivity index (χ0n) is 22.4. The lowest BCUT2D eigenvalue weighted by molar-refractivity contribution is -0.151. The third kappa shape index (κ3) is 3.92. The summed E-state index contributed by atoms with van der Waals surface area (Å²) in [4.78, 5) is 47.8. The number of anilines is 1. The average molecular weight is 562 g/mol. The minimum Gasteiger partial charge on any atom is -0.394 e. The van der Waals surface area contributed by atoms with Gasteiger partial charge in [-0.3, -0.25) is 14.4 Å². The average Bonchev–Trinajstić information content (AvgIpc) is 3.23. The molecule has 6 rings (SSSR count). The maximum absolute atomic E-state index is 14.4. The molecule has 0 aliphatic carbocycles. The lowest BCUT2D eigenvalue weighted by Gasteiger charge is -2.39. The van der Waals surface area contributed by atoms with E-state index in [-0.39, 0.29) is 30.9 Å². The van der Waals surface area contributed by atoms with E-state index in [1.807, 2.05) is 55.5 Å². The molecule has 1 spiro atoms. The number of likely N-dealkylation sites (tertiary alicyclic amines) is 1. The molecule has 208 valence electrons. The first-order chi connectivity index (χ1) is 19.2. The molecule has 2 aromatic carbocycles. The molecule has 0 saturated carbocycles. The number of aliphatic hydroxyl groups excluding tert-OH is 1. The van der Waals surface area contributed by atoms with Gasteiger partial charge in [0.15, 0.2) is 0 Å². The van der Waals surface area contributed by atoms with Crippen LogP contribution in [-0.2, 0) is 25.7 Å². The van der Waals surface area contributed by atoms with Crippen molar-refractivity contribution in [3.8, 4) is 0 Å². The number of hydrogen-bond acceptors (Lipinski definition) is 5. The Morgan fingerprint density at radius 2 is 1.65 bits per heavy atom. The fourth-order valence-corrected chi connectivity index (χ4v) is 7.14. The summed E-state index contributed by atoms with van der Waals surface area (Å²) in [5.41, 5.74) is -1.01. The number of carbonyl (C=O) groups excluding carboxylic acids is 3. The van der Waals surface area contributed by atoms with E-state index < -0.39 is 35.1 Å². The summed E-state index contributed by atoms with van der Waals surface area (Å²) in [6, 6.07) is 15.0. The summed E-state index contributed by atoms with van der Waals surface area (Å²) in [6.07, 6.45) is 7.39. The number of para-hydroxylation sites is 1. The molecule has 3 amide bonds. The van der Waals surface area contributed by atoms with E-state index >= 15 is 0 Å². The predicted molar refractivity (Wildman–Crippen MR) is 150 cm³/mol. The lowest BCUT2D eigenvalue weighted by Crippen LogP contribution is -2.58. The fourth-order valence-electron chi connectivity index (χ4n) is 6.91. The van der Waals surface area contributed by atoms with Gasteiger partial charge in [-0.15, -0.1) is 0 Å². The first-order valence-electron chi connectivity index (χ1n) is 13.6. The van der Waals surface area contributed by atoms with E-state index in [1.165, 1.54) is 4.90 Å². The van der Waals surface area contributed by atoms with Crippen LogP contribution < -0.4 is 4.90 Å². The summed E-state index contributed by atoms with van der Waals surface area (Å²) in [6.45, 7) is 4.17. The maximum Gasteiger partial charge on any atom is 0.253 e. The number of halogens is 1. The number of nitrogens with zero attached hydrogens (tertiary/aromatic N) is 3. The molecule has 6 atom stereocenters. The Morgan fingerprint density at radius 1 is 0.950 bits per heavy atom. The van der Waals surface area contributed by atoms with Crippen molar-refractivity contribution in [3.63, 3.8) is 0 Å². The molecule has 40 heavy (non-hydrogen) atoms. The Morgan fingerprint density at radius 3 is 2.38 bits per heavy atom. The van der Waals surface area contributed by atoms with Crippen LogP contribution in [0.5, 0.6) is 0 Å². The Balaban J connectivity index is 1.46. The van der Waals surface area contributed by atoms with Crippen LogP contribution in [0.1, 0.15) is 19.4 Å². The van der Waals surface area contributed by atoms with Crippen LogP contribution in [0.4, 0.5) is 5.69 Å². The Bertz CT molecular complexity index is 1410. The van der Waals surface area contributed by atoms with Crippen molar-refractivity contribution < 1.29 is 24.2 Å². The van der Waals surface area contributed by atoms with E-state index in [4.69, 9.17) is 16.3 Å². The van der Waals surface area contributed by atoms with Gasteiger partial charge in [-0.05, 0) is 31.5 Å². The molecule has 1 unspecified atom stereocenters. The molecule has 2 fully saturated rings. The molecule has 2 saturated heterocycles. The molecule has 4 aliphatic rings. The molecule has 4 aliphatic heterocycles. The SMILES string of the molecule is C[C@H](CO)N1C(=O)[C@@H]2[C@H]3C(=O)N(Cc4ccccc4)CC=C[C@@]3(C)O[C@@]23C=CCN(c2ccccc2Cl)C(=O)C13. The quantitative estimate of drug-likeness (QED) is 0.566. The zero-order valence-corrected chi connectivity index (χ0v) is 23.2. The highest BCUT2D eigenvalue weighted by atomic mass is 35.5. The Labute approximate surface area is 238 Å². The van der Waals surface area contributed by atoms with Gasteiger partial charge in [0.05, 0.1) is 40.8 Å². The topological polar surface area (TPSA) is 90.4 Å². The highest BCUT2D eigenvalue weighted by molar-refractivity contribution is 6.34. The number of benzene rings is 2. The van der Waals surface area contributed by atoms with Crippen LogP contribution in [0.15, 0.2) is 78.9 Å². The number of fused-ring (bicyclic) bond motifs is 2. The zero-order chi connectivity index (χ0) is 28.2. The molecule has 0 aromatic heterocycles. The molecule has 0 bridgehead atoms. The highest BCUT2D eigenvalue weighted by Gasteiger charge is 2.75. The van der Waals surface area contributed by atoms with Gasteiger partial charge in [0, 0.05) is 19.6 Å². The number of rotatable bonds is 5. The van der Waals surface area contributed by atoms with Crippen molar-refractivity contribution in [3.05, 3.63) is 89.5 Å². The van der Waals surface area contributed by atoms with Crippen molar-refractivity contribution in [2.24, 2.45) is 11.8 Å². The minimum absolute atomic E-state index is 0.197. The largest absolute Gasteiger partial charge is 0.394 e. The van der Waals surface area contributed by atoms with Crippen LogP contribution in [0, 0.1) is 11.8 Å². The third-order valence-corrected chi connectivity index (χ3v) is 9.00. The van der Waals surface area contributed by atoms with Gasteiger partial charge in [-0.2, -0.15) is 0 Å². The van der Waals surface area contributed by atoms with Gasteiger partial charge < -0.3 is 24.5 Å². The van der Waals surface area contributed by atoms with E-state index in [2.05, 4.69) is 0 Å². The molecular formula is C31H32ClN3O5. The monoisotopic (exact) mass is 561 g/mol. The Hall–Kier alpha value is -3.46. The number of ether oxygens (including phenoxy) is 1. The van der Waals surface area contributed by atoms with E-state index in [9.17, 15) is 19.5 Å². The van der Waals surface area contributed by atoms with Gasteiger partial charge in [0.2, 0.25) is 11.8 Å². The molecular weight excluding hydrogens is 530 g/mol. The summed E-state index contributed by atoms with van der Waals surface area (Å²) in [5.74, 6) is -2.74. The van der Waals surface area contributed by atoms with Crippen LogP contribution in [-0.4, -0.2) is 75.6 Å². The highest BCUT2D eigenvalue weighted by Crippen LogP contribution is 2.58. The van der Waals surface area contributed by atoms with E-state index in [1.54, 1.807) is 47.1 Å². The molecule has 2 aromatic rings. The minimum atomic E-state index is -1.40. The molecule has 8 nitrogen and oxygen atoms in total. The third-order valence-electron chi connectivity index (χ3n) is 8.68. The first kappa shape index (κ1) is 26.7. The van der Waals surface area contributed by atoms with Crippen molar-refractivity contribution in [2.45, 2.75) is 43.7 Å². The van der Waals surface area contributed by atoms with Crippen LogP contribution in [0.25, 0.3) is 0 Å². The van der Waals surface area contributed by atoms with Crippen molar-refractivity contribution in [2.75, 3.05) is 24.6 Å². The standard InChI is InChI=1S/C31H32ClN3O5/c1-20(19-36)35-26-29(39)34(23-13-7-6-12-22(23)32)17-9-15-31(26)25(28(35)38)24-27(37)33(16-8-14-30(24,2)40-31)18-21-10-4-3-5-11-21/h3-15,20,24-26,36H,16-19H2,1-2H3/t20-,24+,25+,26?,30-,31+/m1/s1. The van der Waals surface area contributed by atoms with Crippen LogP contribution >= 0.6 is 11.6 Å². The van der Waals surface area contributed by atoms with E-state index in [0.717, 1.165) is 5.56 Å². The second kappa shape index (κ2) is 9.87. The normalized spacial score (nSPS) is 32.0. The van der Waals surface area contributed by atoms with Crippen molar-refractivity contribution in [1.82, 2.24) is 9.80 Å². The molecule has 1 N–H and O–H groups in total. The smallest absolute Gasteiger partial charge is 0.253 e. The first-order valence-corrected chi connectivity index (χ1v) is 14.0. The van der Waals surface area contributed by atoms with Gasteiger partial charge in [0.25, 0.3) is 5.91 Å². The molecule has 4 heterocycles. The number of aliphatic hydroxyl groups is 1. The summed E-state index contributed by atoms with van der Waals surface area (Å²) in [7, 11) is 0. The van der Waals surface area contributed by atoms with Gasteiger partial charge in [0.1, 0.15) is 11.6 Å². The summed E-state index contributed by atoms with van der Waals surface area (Å²) in [5, 5.41) is 10.6. The van der Waals surface area contributed by atoms with E-state index in [0.29, 0.717) is 23.8 Å². The Kier molecular flexibility index (Phi) is 6.60. The van der Waals surface area contributed by atoms with Crippen molar-refractivity contribution in [1.29, 1.82) is 0 Å². The molecule has 0 radical (unpaired) electrons. The summed E-state index contributed by atoms with van der Waals surface area (Å²) >= 11 is 6.50. The van der Waals surface area contributed by atoms with Gasteiger partial charge in [-0.25, -0.2) is 0 Å². The number of amides is 3. The maximum atomic E-state index is 14.4.